The maximum Gasteiger partial charge on any atom is 0.258 e. The molecule has 0 aliphatic carbocycles. The molecule has 3 aromatic rings. The Bertz CT molecular complexity index is 1090. The van der Waals surface area contributed by atoms with Gasteiger partial charge in [-0.25, -0.2) is 4.98 Å². The van der Waals surface area contributed by atoms with Gasteiger partial charge in [0.25, 0.3) is 5.56 Å². The van der Waals surface area contributed by atoms with Gasteiger partial charge >= 0.3 is 0 Å². The normalized spacial score (nSPS) is 10.4. The number of hydrogen-bond acceptors (Lipinski definition) is 5. The summed E-state index contributed by atoms with van der Waals surface area (Å²) in [6.45, 7) is 0.460. The van der Waals surface area contributed by atoms with E-state index in [0.29, 0.717) is 66.9 Å². The third kappa shape index (κ3) is 5.91. The van der Waals surface area contributed by atoms with Crippen molar-refractivity contribution in [3.63, 3.8) is 0 Å². The summed E-state index contributed by atoms with van der Waals surface area (Å²) in [6.07, 6.45) is 2.50. The number of H-pyrrole nitrogens is 1. The molecule has 2 N–H and O–H groups in total. The third-order valence-corrected chi connectivity index (χ3v) is 4.30. The second kappa shape index (κ2) is 10.0. The number of aryl methyl sites for hydroxylation is 1. The SMILES string of the molecule is N#CCCCOc1cccc(NC(=O)CCCc2nc3ccccc3c(=O)[nH]2)c1. The molecule has 0 fully saturated rings. The molecule has 7 nitrogen and oxygen atoms in total. The highest BCUT2D eigenvalue weighted by molar-refractivity contribution is 5.90. The predicted octanol–water partition coefficient (Wildman–Crippen LogP) is 3.57. The van der Waals surface area contributed by atoms with E-state index in [1.54, 1.807) is 36.4 Å². The lowest BCUT2D eigenvalue weighted by molar-refractivity contribution is -0.116. The molecule has 1 amide bonds. The molecule has 0 saturated heterocycles. The Balaban J connectivity index is 1.49. The van der Waals surface area contributed by atoms with E-state index in [0.717, 1.165) is 0 Å². The van der Waals surface area contributed by atoms with Gasteiger partial charge in [0.05, 0.1) is 23.6 Å². The van der Waals surface area contributed by atoms with Gasteiger partial charge in [-0.2, -0.15) is 5.26 Å². The van der Waals surface area contributed by atoms with Gasteiger partial charge in [-0.05, 0) is 37.1 Å². The molecular weight excluding hydrogens is 368 g/mol. The van der Waals surface area contributed by atoms with E-state index < -0.39 is 0 Å². The number of hydrogen-bond donors (Lipinski definition) is 2. The van der Waals surface area contributed by atoms with Crippen molar-refractivity contribution < 1.29 is 9.53 Å². The van der Waals surface area contributed by atoms with Crippen LogP contribution in [0.25, 0.3) is 10.9 Å². The van der Waals surface area contributed by atoms with E-state index in [1.165, 1.54) is 0 Å². The second-order valence-electron chi connectivity index (χ2n) is 6.57. The molecule has 0 aliphatic rings. The maximum atomic E-state index is 12.2. The van der Waals surface area contributed by atoms with E-state index in [9.17, 15) is 9.59 Å². The number of aromatic amines is 1. The van der Waals surface area contributed by atoms with Crippen LogP contribution in [0.1, 0.15) is 31.5 Å². The first kappa shape index (κ1) is 20.1. The van der Waals surface area contributed by atoms with Crippen LogP contribution in [0.5, 0.6) is 5.75 Å². The minimum Gasteiger partial charge on any atom is -0.493 e. The average Bonchev–Trinajstić information content (AvgIpc) is 2.72. The Morgan fingerprint density at radius 3 is 2.90 bits per heavy atom. The number of unbranched alkanes of at least 4 members (excludes halogenated alkanes) is 1. The van der Waals surface area contributed by atoms with Crippen molar-refractivity contribution in [1.29, 1.82) is 5.26 Å². The zero-order chi connectivity index (χ0) is 20.5. The van der Waals surface area contributed by atoms with Crippen molar-refractivity contribution in [2.45, 2.75) is 32.1 Å². The van der Waals surface area contributed by atoms with Crippen LogP contribution in [0.2, 0.25) is 0 Å². The monoisotopic (exact) mass is 390 g/mol. The topological polar surface area (TPSA) is 108 Å². The van der Waals surface area contributed by atoms with E-state index in [1.807, 2.05) is 12.1 Å². The molecule has 1 heterocycles. The molecule has 0 spiro atoms. The molecule has 1 aromatic heterocycles. The van der Waals surface area contributed by atoms with Crippen molar-refractivity contribution in [3.8, 4) is 11.8 Å². The quantitative estimate of drug-likeness (QED) is 0.543. The van der Waals surface area contributed by atoms with Crippen molar-refractivity contribution in [2.24, 2.45) is 0 Å². The Kier molecular flexibility index (Phi) is 6.95. The first-order chi connectivity index (χ1) is 14.2. The number of ether oxygens (including phenoxy) is 1. The Morgan fingerprint density at radius 1 is 1.17 bits per heavy atom. The number of rotatable bonds is 9. The number of carbonyl (C=O) groups is 1. The largest absolute Gasteiger partial charge is 0.493 e. The van der Waals surface area contributed by atoms with Gasteiger partial charge in [0.1, 0.15) is 11.6 Å². The van der Waals surface area contributed by atoms with Gasteiger partial charge < -0.3 is 15.0 Å². The minimum atomic E-state index is -0.165. The summed E-state index contributed by atoms with van der Waals surface area (Å²) in [7, 11) is 0. The van der Waals surface area contributed by atoms with E-state index in [4.69, 9.17) is 10.00 Å². The lowest BCUT2D eigenvalue weighted by Gasteiger charge is -2.09. The van der Waals surface area contributed by atoms with E-state index >= 15 is 0 Å². The highest BCUT2D eigenvalue weighted by Gasteiger charge is 2.07. The predicted molar refractivity (Wildman–Crippen MR) is 111 cm³/mol. The molecule has 0 atom stereocenters. The molecule has 148 valence electrons. The number of carbonyl (C=O) groups excluding carboxylic acids is 1. The second-order valence-corrected chi connectivity index (χ2v) is 6.57. The van der Waals surface area contributed by atoms with Crippen LogP contribution in [0.15, 0.2) is 53.3 Å². The van der Waals surface area contributed by atoms with Gasteiger partial charge in [-0.3, -0.25) is 9.59 Å². The standard InChI is InChI=1S/C22H22N4O3/c23-13-3-4-14-29-17-8-5-7-16(15-17)24-21(27)12-6-11-20-25-19-10-2-1-9-18(19)22(28)26-20/h1-2,5,7-10,15H,3-4,6,11-12,14H2,(H,24,27)(H,25,26,28). The fraction of sp³-hybridized carbons (Fsp3) is 0.273. The number of nitrogens with zero attached hydrogens (tertiary/aromatic N) is 2. The van der Waals surface area contributed by atoms with Crippen LogP contribution in [0.4, 0.5) is 5.69 Å². The summed E-state index contributed by atoms with van der Waals surface area (Å²) < 4.78 is 5.57. The van der Waals surface area contributed by atoms with Crippen LogP contribution < -0.4 is 15.6 Å². The number of para-hydroxylation sites is 1. The minimum absolute atomic E-state index is 0.116. The summed E-state index contributed by atoms with van der Waals surface area (Å²) in [5.41, 5.74) is 1.15. The first-order valence-electron chi connectivity index (χ1n) is 9.53. The number of fused-ring (bicyclic) bond motifs is 1. The van der Waals surface area contributed by atoms with Crippen LogP contribution in [0, 0.1) is 11.3 Å². The molecule has 2 aromatic carbocycles. The number of anilines is 1. The fourth-order valence-electron chi connectivity index (χ4n) is 2.90. The van der Waals surface area contributed by atoms with Gasteiger partial charge in [0.2, 0.25) is 5.91 Å². The van der Waals surface area contributed by atoms with E-state index in [-0.39, 0.29) is 11.5 Å². The molecule has 7 heteroatoms. The van der Waals surface area contributed by atoms with Gasteiger partial charge in [0, 0.05) is 31.0 Å². The number of benzene rings is 2. The smallest absolute Gasteiger partial charge is 0.258 e. The van der Waals surface area contributed by atoms with Gasteiger partial charge in [0.15, 0.2) is 0 Å². The molecular formula is C22H22N4O3. The maximum absolute atomic E-state index is 12.2. The highest BCUT2D eigenvalue weighted by Crippen LogP contribution is 2.18. The fourth-order valence-corrected chi connectivity index (χ4v) is 2.90. The van der Waals surface area contributed by atoms with Crippen LogP contribution >= 0.6 is 0 Å². The summed E-state index contributed by atoms with van der Waals surface area (Å²) in [6, 6.07) is 16.4. The van der Waals surface area contributed by atoms with Crippen molar-refractivity contribution >= 4 is 22.5 Å². The number of amides is 1. The molecule has 0 aliphatic heterocycles. The summed E-state index contributed by atoms with van der Waals surface area (Å²) in [5.74, 6) is 1.11. The number of nitrogens with one attached hydrogen (secondary N) is 2. The first-order valence-corrected chi connectivity index (χ1v) is 9.53. The summed E-state index contributed by atoms with van der Waals surface area (Å²) in [5, 5.41) is 11.9. The molecule has 0 unspecified atom stereocenters. The molecule has 0 saturated carbocycles. The molecule has 29 heavy (non-hydrogen) atoms. The van der Waals surface area contributed by atoms with Crippen LogP contribution in [0.3, 0.4) is 0 Å². The number of nitriles is 1. The average molecular weight is 390 g/mol. The zero-order valence-electron chi connectivity index (χ0n) is 16.0. The lowest BCUT2D eigenvalue weighted by atomic mass is 10.2. The van der Waals surface area contributed by atoms with Crippen LogP contribution in [-0.4, -0.2) is 22.5 Å². The Hall–Kier alpha value is -3.66. The Morgan fingerprint density at radius 2 is 2.03 bits per heavy atom. The molecule has 0 radical (unpaired) electrons. The third-order valence-electron chi connectivity index (χ3n) is 4.30. The number of aromatic nitrogens is 2. The van der Waals surface area contributed by atoms with Gasteiger partial charge in [-0.15, -0.1) is 0 Å². The van der Waals surface area contributed by atoms with E-state index in [2.05, 4.69) is 21.4 Å². The van der Waals surface area contributed by atoms with Gasteiger partial charge in [-0.1, -0.05) is 18.2 Å². The summed E-state index contributed by atoms with van der Waals surface area (Å²) >= 11 is 0. The molecule has 3 rings (SSSR count). The van der Waals surface area contributed by atoms with Crippen LogP contribution in [-0.2, 0) is 11.2 Å². The zero-order valence-corrected chi connectivity index (χ0v) is 16.0. The highest BCUT2D eigenvalue weighted by atomic mass is 16.5. The van der Waals surface area contributed by atoms with Crippen molar-refractivity contribution in [2.75, 3.05) is 11.9 Å². The summed E-state index contributed by atoms with van der Waals surface area (Å²) in [4.78, 5) is 31.5. The Labute approximate surface area is 168 Å². The van der Waals surface area contributed by atoms with Crippen molar-refractivity contribution in [3.05, 3.63) is 64.7 Å². The van der Waals surface area contributed by atoms with Crippen molar-refractivity contribution in [1.82, 2.24) is 9.97 Å². The molecule has 0 bridgehead atoms. The lowest BCUT2D eigenvalue weighted by Crippen LogP contribution is -2.14.